The molecule has 7 heteroatoms. The molecule has 0 spiro atoms. The Bertz CT molecular complexity index is 576. The van der Waals surface area contributed by atoms with E-state index in [-0.39, 0.29) is 24.1 Å². The first-order chi connectivity index (χ1) is 12.1. The summed E-state index contributed by atoms with van der Waals surface area (Å²) < 4.78 is 18.8. The van der Waals surface area contributed by atoms with Crippen LogP contribution in [0.3, 0.4) is 0 Å². The minimum atomic E-state index is -0.381. The Kier molecular flexibility index (Phi) is 7.81. The van der Waals surface area contributed by atoms with Gasteiger partial charge in [-0.2, -0.15) is 0 Å². The first-order valence-electron chi connectivity index (χ1n) is 8.62. The molecule has 0 unspecified atom stereocenters. The monoisotopic (exact) mass is 351 g/mol. The lowest BCUT2D eigenvalue weighted by molar-refractivity contribution is -0.129. The Labute approximate surface area is 147 Å². The van der Waals surface area contributed by atoms with E-state index in [2.05, 4.69) is 10.2 Å². The normalized spacial score (nSPS) is 15.0. The third kappa shape index (κ3) is 6.80. The molecule has 0 atom stereocenters. The second-order valence-corrected chi connectivity index (χ2v) is 6.08. The third-order valence-corrected chi connectivity index (χ3v) is 4.25. The molecular formula is C18H26FN3O3. The predicted octanol–water partition coefficient (Wildman–Crippen LogP) is 0.665. The van der Waals surface area contributed by atoms with E-state index < -0.39 is 0 Å². The maximum Gasteiger partial charge on any atom is 0.224 e. The maximum atomic E-state index is 13.5. The van der Waals surface area contributed by atoms with Gasteiger partial charge >= 0.3 is 0 Å². The zero-order valence-electron chi connectivity index (χ0n) is 14.7. The average molecular weight is 351 g/mol. The van der Waals surface area contributed by atoms with Crippen molar-refractivity contribution in [3.63, 3.8) is 0 Å². The molecule has 6 nitrogen and oxygen atoms in total. The van der Waals surface area contributed by atoms with Gasteiger partial charge in [-0.1, -0.05) is 18.2 Å². The van der Waals surface area contributed by atoms with E-state index in [0.717, 1.165) is 32.8 Å². The standard InChI is InChI=1S/C18H26FN3O3/c1-15(23)22(9-8-21-10-12-25-13-11-21)7-6-20-18(24)14-16-4-2-3-5-17(16)19/h2-5H,6-14H2,1H3,(H,20,24). The summed E-state index contributed by atoms with van der Waals surface area (Å²) in [7, 11) is 0. The van der Waals surface area contributed by atoms with Gasteiger partial charge < -0.3 is 15.0 Å². The van der Waals surface area contributed by atoms with Crippen LogP contribution in [0.5, 0.6) is 0 Å². The van der Waals surface area contributed by atoms with Crippen LogP contribution in [0.2, 0.25) is 0 Å². The highest BCUT2D eigenvalue weighted by atomic mass is 19.1. The van der Waals surface area contributed by atoms with Gasteiger partial charge in [-0.05, 0) is 11.6 Å². The molecule has 0 radical (unpaired) electrons. The van der Waals surface area contributed by atoms with Gasteiger partial charge in [0.05, 0.1) is 19.6 Å². The molecule has 1 N–H and O–H groups in total. The van der Waals surface area contributed by atoms with Crippen molar-refractivity contribution in [2.45, 2.75) is 13.3 Å². The molecule has 0 bridgehead atoms. The highest BCUT2D eigenvalue weighted by Gasteiger charge is 2.14. The minimum Gasteiger partial charge on any atom is -0.379 e. The molecule has 0 saturated carbocycles. The van der Waals surface area contributed by atoms with E-state index in [9.17, 15) is 14.0 Å². The van der Waals surface area contributed by atoms with E-state index in [0.29, 0.717) is 25.2 Å². The molecule has 25 heavy (non-hydrogen) atoms. The minimum absolute atomic E-state index is 0.000518. The van der Waals surface area contributed by atoms with Crippen LogP contribution in [-0.2, 0) is 20.7 Å². The number of morpholine rings is 1. The van der Waals surface area contributed by atoms with Gasteiger partial charge in [-0.25, -0.2) is 4.39 Å². The summed E-state index contributed by atoms with van der Waals surface area (Å²) in [6, 6.07) is 6.23. The summed E-state index contributed by atoms with van der Waals surface area (Å²) in [6.45, 7) is 6.97. The third-order valence-electron chi connectivity index (χ3n) is 4.25. The van der Waals surface area contributed by atoms with Crippen LogP contribution in [0, 0.1) is 5.82 Å². The van der Waals surface area contributed by atoms with E-state index in [4.69, 9.17) is 4.74 Å². The van der Waals surface area contributed by atoms with Crippen molar-refractivity contribution < 1.29 is 18.7 Å². The molecule has 1 aliphatic heterocycles. The van der Waals surface area contributed by atoms with Crippen LogP contribution in [0.4, 0.5) is 4.39 Å². The lowest BCUT2D eigenvalue weighted by atomic mass is 10.1. The molecule has 1 fully saturated rings. The fraction of sp³-hybridized carbons (Fsp3) is 0.556. The Morgan fingerprint density at radius 3 is 2.64 bits per heavy atom. The highest BCUT2D eigenvalue weighted by Crippen LogP contribution is 2.06. The number of benzene rings is 1. The van der Waals surface area contributed by atoms with E-state index in [1.807, 2.05) is 0 Å². The van der Waals surface area contributed by atoms with Crippen LogP contribution >= 0.6 is 0 Å². The number of amides is 2. The van der Waals surface area contributed by atoms with Crippen LogP contribution < -0.4 is 5.32 Å². The quantitative estimate of drug-likeness (QED) is 0.748. The first-order valence-corrected chi connectivity index (χ1v) is 8.62. The molecule has 0 aromatic heterocycles. The zero-order chi connectivity index (χ0) is 18.1. The van der Waals surface area contributed by atoms with Crippen molar-refractivity contribution in [3.8, 4) is 0 Å². The molecule has 2 amide bonds. The number of halogens is 1. The number of nitrogens with zero attached hydrogens (tertiary/aromatic N) is 2. The lowest BCUT2D eigenvalue weighted by Gasteiger charge is -2.29. The number of hydrogen-bond acceptors (Lipinski definition) is 4. The van der Waals surface area contributed by atoms with Gasteiger partial charge in [0, 0.05) is 46.2 Å². The second-order valence-electron chi connectivity index (χ2n) is 6.08. The fourth-order valence-electron chi connectivity index (χ4n) is 2.72. The predicted molar refractivity (Wildman–Crippen MR) is 92.6 cm³/mol. The smallest absolute Gasteiger partial charge is 0.224 e. The van der Waals surface area contributed by atoms with Crippen molar-refractivity contribution in [2.75, 3.05) is 52.5 Å². The van der Waals surface area contributed by atoms with Crippen molar-refractivity contribution in [2.24, 2.45) is 0 Å². The van der Waals surface area contributed by atoms with Gasteiger partial charge in [0.25, 0.3) is 0 Å². The Balaban J connectivity index is 1.70. The number of nitrogens with one attached hydrogen (secondary N) is 1. The first kappa shape index (κ1) is 19.3. The summed E-state index contributed by atoms with van der Waals surface area (Å²) in [5.41, 5.74) is 0.371. The topological polar surface area (TPSA) is 61.9 Å². The van der Waals surface area contributed by atoms with Crippen LogP contribution in [0.15, 0.2) is 24.3 Å². The summed E-state index contributed by atoms with van der Waals surface area (Å²) >= 11 is 0. The van der Waals surface area contributed by atoms with Crippen molar-refractivity contribution in [1.29, 1.82) is 0 Å². The fourth-order valence-corrected chi connectivity index (χ4v) is 2.72. The van der Waals surface area contributed by atoms with Gasteiger partial charge in [0.1, 0.15) is 5.82 Å². The van der Waals surface area contributed by atoms with Crippen molar-refractivity contribution >= 4 is 11.8 Å². The number of ether oxygens (including phenoxy) is 1. The molecule has 1 aromatic rings. The van der Waals surface area contributed by atoms with Gasteiger partial charge in [0.15, 0.2) is 0 Å². The maximum absolute atomic E-state index is 13.5. The molecule has 1 aromatic carbocycles. The van der Waals surface area contributed by atoms with Gasteiger partial charge in [0.2, 0.25) is 11.8 Å². The largest absolute Gasteiger partial charge is 0.379 e. The van der Waals surface area contributed by atoms with E-state index in [1.54, 1.807) is 23.1 Å². The van der Waals surface area contributed by atoms with E-state index >= 15 is 0 Å². The summed E-state index contributed by atoms with van der Waals surface area (Å²) in [6.07, 6.45) is 0.000518. The molecular weight excluding hydrogens is 325 g/mol. The van der Waals surface area contributed by atoms with Crippen molar-refractivity contribution in [1.82, 2.24) is 15.1 Å². The lowest BCUT2D eigenvalue weighted by Crippen LogP contribution is -2.44. The molecule has 0 aliphatic carbocycles. The molecule has 1 heterocycles. The summed E-state index contributed by atoms with van der Waals surface area (Å²) in [4.78, 5) is 27.6. The molecule has 1 saturated heterocycles. The van der Waals surface area contributed by atoms with Crippen LogP contribution in [-0.4, -0.2) is 74.1 Å². The summed E-state index contributed by atoms with van der Waals surface area (Å²) in [5, 5.41) is 2.75. The van der Waals surface area contributed by atoms with Gasteiger partial charge in [-0.15, -0.1) is 0 Å². The second kappa shape index (κ2) is 10.1. The Morgan fingerprint density at radius 1 is 1.24 bits per heavy atom. The number of rotatable bonds is 8. The molecule has 138 valence electrons. The average Bonchev–Trinajstić information content (AvgIpc) is 2.60. The van der Waals surface area contributed by atoms with Crippen LogP contribution in [0.25, 0.3) is 0 Å². The SMILES string of the molecule is CC(=O)N(CCNC(=O)Cc1ccccc1F)CCN1CCOCC1. The highest BCUT2D eigenvalue weighted by molar-refractivity contribution is 5.78. The number of carbonyl (C=O) groups is 2. The molecule has 2 rings (SSSR count). The van der Waals surface area contributed by atoms with E-state index in [1.165, 1.54) is 13.0 Å². The summed E-state index contributed by atoms with van der Waals surface area (Å²) in [5.74, 6) is -0.646. The number of hydrogen-bond donors (Lipinski definition) is 1. The molecule has 1 aliphatic rings. The van der Waals surface area contributed by atoms with Crippen molar-refractivity contribution in [3.05, 3.63) is 35.6 Å². The Morgan fingerprint density at radius 2 is 1.96 bits per heavy atom. The van der Waals surface area contributed by atoms with Gasteiger partial charge in [-0.3, -0.25) is 14.5 Å². The Hall–Kier alpha value is -1.99. The number of carbonyl (C=O) groups excluding carboxylic acids is 2. The van der Waals surface area contributed by atoms with Crippen LogP contribution in [0.1, 0.15) is 12.5 Å². The zero-order valence-corrected chi connectivity index (χ0v) is 14.7.